The van der Waals surface area contributed by atoms with Crippen molar-refractivity contribution in [1.29, 1.82) is 0 Å². The number of amides is 1. The molecular weight excluding hydrogens is 378 g/mol. The first-order valence-electron chi connectivity index (χ1n) is 10.6. The van der Waals surface area contributed by atoms with Crippen molar-refractivity contribution in [3.63, 3.8) is 0 Å². The molecule has 1 aromatic heterocycles. The predicted molar refractivity (Wildman–Crippen MR) is 116 cm³/mol. The second-order valence-electron chi connectivity index (χ2n) is 7.70. The zero-order valence-corrected chi connectivity index (χ0v) is 17.9. The number of hydrogen-bond donors (Lipinski definition) is 2. The van der Waals surface area contributed by atoms with Crippen LogP contribution in [0.1, 0.15) is 43.0 Å². The van der Waals surface area contributed by atoms with Gasteiger partial charge < -0.3 is 14.9 Å². The maximum absolute atomic E-state index is 13.0. The van der Waals surface area contributed by atoms with Gasteiger partial charge in [-0.1, -0.05) is 29.8 Å². The van der Waals surface area contributed by atoms with Gasteiger partial charge in [-0.05, 0) is 38.5 Å². The van der Waals surface area contributed by atoms with Gasteiger partial charge in [-0.2, -0.15) is 0 Å². The minimum Gasteiger partial charge on any atom is -0.507 e. The molecule has 1 fully saturated rings. The topological polar surface area (TPSA) is 74.9 Å². The Bertz CT molecular complexity index is 918. The number of benzene rings is 1. The van der Waals surface area contributed by atoms with E-state index < -0.39 is 17.7 Å². The van der Waals surface area contributed by atoms with E-state index in [-0.39, 0.29) is 11.3 Å². The number of pyridine rings is 1. The zero-order valence-electron chi connectivity index (χ0n) is 17.9. The van der Waals surface area contributed by atoms with Crippen LogP contribution >= 0.6 is 0 Å². The Morgan fingerprint density at radius 2 is 1.70 bits per heavy atom. The van der Waals surface area contributed by atoms with Gasteiger partial charge in [-0.25, -0.2) is 0 Å². The SMILES string of the molecule is CC[NH+](CC)CCCN1C(=O)C(=O)C(=C(O)c2ccc(C)cc2)[C@H]1c1ccncc1. The summed E-state index contributed by atoms with van der Waals surface area (Å²) >= 11 is 0. The number of carbonyl (C=O) groups excluding carboxylic acids is 2. The molecule has 1 amide bonds. The number of Topliss-reactive ketones (excluding diaryl/α,β-unsaturated/α-hetero) is 1. The van der Waals surface area contributed by atoms with Gasteiger partial charge in [0.2, 0.25) is 0 Å². The predicted octanol–water partition coefficient (Wildman–Crippen LogP) is 2.13. The molecule has 158 valence electrons. The number of hydrogen-bond acceptors (Lipinski definition) is 4. The van der Waals surface area contributed by atoms with Gasteiger partial charge in [-0.3, -0.25) is 14.6 Å². The van der Waals surface area contributed by atoms with Crippen LogP contribution in [0.25, 0.3) is 5.76 Å². The van der Waals surface area contributed by atoms with Crippen LogP contribution in [-0.4, -0.2) is 52.9 Å². The fourth-order valence-electron chi connectivity index (χ4n) is 3.97. The third-order valence-electron chi connectivity index (χ3n) is 5.82. The van der Waals surface area contributed by atoms with Crippen molar-refractivity contribution in [3.8, 4) is 0 Å². The molecule has 0 unspecified atom stereocenters. The third-order valence-corrected chi connectivity index (χ3v) is 5.82. The number of carbonyl (C=O) groups is 2. The van der Waals surface area contributed by atoms with E-state index in [1.165, 1.54) is 4.90 Å². The highest BCUT2D eigenvalue weighted by Gasteiger charge is 2.45. The number of aryl methyl sites for hydroxylation is 1. The van der Waals surface area contributed by atoms with Crippen LogP contribution in [0.5, 0.6) is 0 Å². The number of ketones is 1. The number of aliphatic hydroxyl groups excluding tert-OH is 1. The summed E-state index contributed by atoms with van der Waals surface area (Å²) in [4.78, 5) is 33.0. The molecule has 0 spiro atoms. The molecule has 1 saturated heterocycles. The van der Waals surface area contributed by atoms with Gasteiger partial charge in [0.25, 0.3) is 11.7 Å². The quantitative estimate of drug-likeness (QED) is 0.399. The minimum absolute atomic E-state index is 0.132. The van der Waals surface area contributed by atoms with Crippen LogP contribution in [0.15, 0.2) is 54.4 Å². The van der Waals surface area contributed by atoms with Crippen molar-refractivity contribution < 1.29 is 19.6 Å². The van der Waals surface area contributed by atoms with E-state index in [0.717, 1.165) is 37.2 Å². The van der Waals surface area contributed by atoms with Crippen molar-refractivity contribution in [1.82, 2.24) is 9.88 Å². The van der Waals surface area contributed by atoms with E-state index in [1.54, 1.807) is 41.6 Å². The molecule has 0 radical (unpaired) electrons. The van der Waals surface area contributed by atoms with Crippen molar-refractivity contribution in [2.45, 2.75) is 33.2 Å². The van der Waals surface area contributed by atoms with Crippen molar-refractivity contribution in [2.24, 2.45) is 0 Å². The smallest absolute Gasteiger partial charge is 0.295 e. The first-order valence-corrected chi connectivity index (χ1v) is 10.6. The Labute approximate surface area is 177 Å². The third kappa shape index (κ3) is 4.44. The van der Waals surface area contributed by atoms with Gasteiger partial charge in [0.05, 0.1) is 31.2 Å². The Hall–Kier alpha value is -2.99. The van der Waals surface area contributed by atoms with Gasteiger partial charge >= 0.3 is 0 Å². The van der Waals surface area contributed by atoms with Crippen LogP contribution in [0.3, 0.4) is 0 Å². The first kappa shape index (κ1) is 21.7. The van der Waals surface area contributed by atoms with E-state index in [1.807, 2.05) is 19.1 Å². The normalized spacial score (nSPS) is 18.4. The van der Waals surface area contributed by atoms with E-state index in [9.17, 15) is 14.7 Å². The summed E-state index contributed by atoms with van der Waals surface area (Å²) in [6.45, 7) is 9.68. The molecule has 1 aliphatic heterocycles. The highest BCUT2D eigenvalue weighted by Crippen LogP contribution is 2.39. The highest BCUT2D eigenvalue weighted by atomic mass is 16.3. The highest BCUT2D eigenvalue weighted by molar-refractivity contribution is 6.46. The van der Waals surface area contributed by atoms with E-state index in [2.05, 4.69) is 18.8 Å². The summed E-state index contributed by atoms with van der Waals surface area (Å²) in [5, 5.41) is 11.0. The molecule has 1 atom stereocenters. The molecule has 2 aromatic rings. The molecule has 0 bridgehead atoms. The standard InChI is InChI=1S/C24H29N3O3/c1-4-26(5-2)15-6-16-27-21(18-11-13-25-14-12-18)20(23(29)24(27)30)22(28)19-9-7-17(3)8-10-19/h7-14,21,28H,4-6,15-16H2,1-3H3/p+1/t21-/m1/s1. The van der Waals surface area contributed by atoms with Crippen molar-refractivity contribution in [3.05, 3.63) is 71.1 Å². The number of rotatable bonds is 8. The van der Waals surface area contributed by atoms with Crippen LogP contribution in [-0.2, 0) is 9.59 Å². The lowest BCUT2D eigenvalue weighted by Gasteiger charge is -2.26. The lowest BCUT2D eigenvalue weighted by molar-refractivity contribution is -0.896. The Morgan fingerprint density at radius 3 is 2.30 bits per heavy atom. The summed E-state index contributed by atoms with van der Waals surface area (Å²) in [6, 6.07) is 10.3. The molecule has 6 nitrogen and oxygen atoms in total. The van der Waals surface area contributed by atoms with Crippen molar-refractivity contribution >= 4 is 17.4 Å². The summed E-state index contributed by atoms with van der Waals surface area (Å²) in [6.07, 6.45) is 4.07. The summed E-state index contributed by atoms with van der Waals surface area (Å²) < 4.78 is 0. The van der Waals surface area contributed by atoms with E-state index >= 15 is 0 Å². The maximum atomic E-state index is 13.0. The summed E-state index contributed by atoms with van der Waals surface area (Å²) in [5.41, 5.74) is 2.50. The largest absolute Gasteiger partial charge is 0.507 e. The average Bonchev–Trinajstić information content (AvgIpc) is 3.02. The molecular formula is C24H30N3O3+. The number of nitrogens with zero attached hydrogens (tertiary/aromatic N) is 2. The first-order chi connectivity index (χ1) is 14.5. The van der Waals surface area contributed by atoms with Crippen LogP contribution in [0.2, 0.25) is 0 Å². The fraction of sp³-hybridized carbons (Fsp3) is 0.375. The maximum Gasteiger partial charge on any atom is 0.295 e. The minimum atomic E-state index is -0.634. The molecule has 1 aliphatic rings. The average molecular weight is 409 g/mol. The molecule has 1 aromatic carbocycles. The van der Waals surface area contributed by atoms with Gasteiger partial charge in [-0.15, -0.1) is 0 Å². The molecule has 6 heteroatoms. The molecule has 2 heterocycles. The molecule has 2 N–H and O–H groups in total. The summed E-state index contributed by atoms with van der Waals surface area (Å²) in [5.74, 6) is -1.32. The van der Waals surface area contributed by atoms with Crippen LogP contribution in [0.4, 0.5) is 0 Å². The lowest BCUT2D eigenvalue weighted by atomic mass is 9.95. The number of aliphatic hydroxyl groups is 1. The second kappa shape index (κ2) is 9.67. The summed E-state index contributed by atoms with van der Waals surface area (Å²) in [7, 11) is 0. The van der Waals surface area contributed by atoms with Crippen LogP contribution in [0, 0.1) is 6.92 Å². The number of aromatic nitrogens is 1. The van der Waals surface area contributed by atoms with E-state index in [0.29, 0.717) is 12.1 Å². The lowest BCUT2D eigenvalue weighted by Crippen LogP contribution is -3.11. The number of quaternary nitrogens is 1. The van der Waals surface area contributed by atoms with Gasteiger partial charge in [0, 0.05) is 30.9 Å². The Balaban J connectivity index is 1.99. The number of likely N-dealkylation sites (tertiary alicyclic amines) is 1. The van der Waals surface area contributed by atoms with E-state index in [4.69, 9.17) is 0 Å². The van der Waals surface area contributed by atoms with Crippen molar-refractivity contribution in [2.75, 3.05) is 26.2 Å². The molecule has 30 heavy (non-hydrogen) atoms. The Morgan fingerprint density at radius 1 is 1.07 bits per heavy atom. The Kier molecular flexibility index (Phi) is 7.00. The molecule has 3 rings (SSSR count). The fourth-order valence-corrected chi connectivity index (χ4v) is 3.97. The zero-order chi connectivity index (χ0) is 21.7. The van der Waals surface area contributed by atoms with Crippen LogP contribution < -0.4 is 4.90 Å². The molecule has 0 aliphatic carbocycles. The van der Waals surface area contributed by atoms with Gasteiger partial charge in [0.15, 0.2) is 0 Å². The second-order valence-corrected chi connectivity index (χ2v) is 7.70. The van der Waals surface area contributed by atoms with Gasteiger partial charge in [0.1, 0.15) is 5.76 Å². The number of nitrogens with one attached hydrogen (secondary N) is 1. The monoisotopic (exact) mass is 408 g/mol. The molecule has 0 saturated carbocycles.